The molecule has 2 aromatic rings. The molecular weight excluding hydrogens is 400 g/mol. The summed E-state index contributed by atoms with van der Waals surface area (Å²) in [5.41, 5.74) is 3.85. The molecule has 2 saturated heterocycles. The molecular formula is C26H34N4O2. The Morgan fingerprint density at radius 1 is 0.969 bits per heavy atom. The third kappa shape index (κ3) is 4.62. The number of carbonyl (C=O) groups is 1. The van der Waals surface area contributed by atoms with Crippen molar-refractivity contribution in [2.24, 2.45) is 5.92 Å². The van der Waals surface area contributed by atoms with Crippen LogP contribution in [0.1, 0.15) is 12.0 Å². The van der Waals surface area contributed by atoms with Gasteiger partial charge in [0.2, 0.25) is 5.91 Å². The Morgan fingerprint density at radius 3 is 2.59 bits per heavy atom. The van der Waals surface area contributed by atoms with Gasteiger partial charge in [-0.05, 0) is 43.1 Å². The summed E-state index contributed by atoms with van der Waals surface area (Å²) in [5, 5.41) is 3.27. The molecule has 170 valence electrons. The Hall–Kier alpha value is -2.57. The van der Waals surface area contributed by atoms with E-state index in [2.05, 4.69) is 74.6 Å². The number of hydrogen-bond acceptors (Lipinski definition) is 5. The van der Waals surface area contributed by atoms with Gasteiger partial charge in [0, 0.05) is 50.6 Å². The molecule has 2 atom stereocenters. The Labute approximate surface area is 191 Å². The van der Waals surface area contributed by atoms with E-state index < -0.39 is 0 Å². The van der Waals surface area contributed by atoms with Crippen molar-refractivity contribution in [1.82, 2.24) is 10.2 Å². The molecule has 0 aromatic heterocycles. The van der Waals surface area contributed by atoms with Crippen molar-refractivity contribution in [3.05, 3.63) is 60.2 Å². The van der Waals surface area contributed by atoms with Crippen molar-refractivity contribution in [3.63, 3.8) is 0 Å². The smallest absolute Gasteiger partial charge is 0.225 e. The minimum absolute atomic E-state index is 0.0280. The molecule has 0 saturated carbocycles. The van der Waals surface area contributed by atoms with Crippen molar-refractivity contribution in [2.45, 2.75) is 18.9 Å². The summed E-state index contributed by atoms with van der Waals surface area (Å²) < 4.78 is 5.42. The SMILES string of the molecule is O=C(NCCCN1CCOCC1)[C@@H]1Cc2ccccc2N2CCN(c3ccccc3)C[C@@H]12. The predicted molar refractivity (Wildman–Crippen MR) is 128 cm³/mol. The molecule has 0 unspecified atom stereocenters. The maximum Gasteiger partial charge on any atom is 0.225 e. The summed E-state index contributed by atoms with van der Waals surface area (Å²) in [6.45, 7) is 8.20. The predicted octanol–water partition coefficient (Wildman–Crippen LogP) is 2.39. The van der Waals surface area contributed by atoms with E-state index in [1.165, 1.54) is 16.9 Å². The van der Waals surface area contributed by atoms with Gasteiger partial charge in [-0.25, -0.2) is 0 Å². The fraction of sp³-hybridized carbons (Fsp3) is 0.500. The number of ether oxygens (including phenoxy) is 1. The van der Waals surface area contributed by atoms with Crippen LogP contribution in [-0.4, -0.2) is 75.9 Å². The second-order valence-corrected chi connectivity index (χ2v) is 9.08. The topological polar surface area (TPSA) is 48.1 Å². The fourth-order valence-electron chi connectivity index (χ4n) is 5.40. The van der Waals surface area contributed by atoms with Crippen molar-refractivity contribution >= 4 is 17.3 Å². The lowest BCUT2D eigenvalue weighted by atomic mass is 9.83. The third-order valence-corrected chi connectivity index (χ3v) is 7.14. The lowest BCUT2D eigenvalue weighted by Gasteiger charge is -2.49. The maximum absolute atomic E-state index is 13.4. The first-order valence-corrected chi connectivity index (χ1v) is 12.0. The fourth-order valence-corrected chi connectivity index (χ4v) is 5.40. The second-order valence-electron chi connectivity index (χ2n) is 9.08. The number of para-hydroxylation sites is 2. The largest absolute Gasteiger partial charge is 0.379 e. The van der Waals surface area contributed by atoms with Gasteiger partial charge in [0.05, 0.1) is 25.2 Å². The van der Waals surface area contributed by atoms with Crippen molar-refractivity contribution in [3.8, 4) is 0 Å². The van der Waals surface area contributed by atoms with Crippen molar-refractivity contribution in [1.29, 1.82) is 0 Å². The molecule has 0 spiro atoms. The number of fused-ring (bicyclic) bond motifs is 3. The molecule has 3 aliphatic heterocycles. The van der Waals surface area contributed by atoms with Crippen LogP contribution in [0, 0.1) is 5.92 Å². The highest BCUT2D eigenvalue weighted by Gasteiger charge is 2.41. The molecule has 1 amide bonds. The van der Waals surface area contributed by atoms with E-state index in [-0.39, 0.29) is 17.9 Å². The van der Waals surface area contributed by atoms with Gasteiger partial charge in [-0.15, -0.1) is 0 Å². The van der Waals surface area contributed by atoms with Crippen LogP contribution in [0.2, 0.25) is 0 Å². The quantitative estimate of drug-likeness (QED) is 0.708. The monoisotopic (exact) mass is 434 g/mol. The van der Waals surface area contributed by atoms with Crippen LogP contribution in [0.25, 0.3) is 0 Å². The van der Waals surface area contributed by atoms with Crippen LogP contribution >= 0.6 is 0 Å². The normalized spacial score (nSPS) is 23.4. The van der Waals surface area contributed by atoms with Gasteiger partial charge in [-0.1, -0.05) is 36.4 Å². The van der Waals surface area contributed by atoms with Crippen LogP contribution in [0.4, 0.5) is 11.4 Å². The average molecular weight is 435 g/mol. The highest BCUT2D eigenvalue weighted by molar-refractivity contribution is 5.82. The Bertz CT molecular complexity index is 900. The highest BCUT2D eigenvalue weighted by atomic mass is 16.5. The van der Waals surface area contributed by atoms with E-state index in [0.29, 0.717) is 0 Å². The van der Waals surface area contributed by atoms with E-state index in [1.807, 2.05) is 0 Å². The van der Waals surface area contributed by atoms with Gasteiger partial charge < -0.3 is 19.9 Å². The zero-order valence-electron chi connectivity index (χ0n) is 18.8. The van der Waals surface area contributed by atoms with Gasteiger partial charge in [0.25, 0.3) is 0 Å². The number of morpholine rings is 1. The minimum atomic E-state index is -0.0280. The molecule has 5 rings (SSSR count). The molecule has 6 heteroatoms. The van der Waals surface area contributed by atoms with E-state index in [1.54, 1.807) is 0 Å². The zero-order valence-corrected chi connectivity index (χ0v) is 18.8. The van der Waals surface area contributed by atoms with Crippen LogP contribution in [0.3, 0.4) is 0 Å². The molecule has 2 aromatic carbocycles. The number of anilines is 2. The van der Waals surface area contributed by atoms with Gasteiger partial charge >= 0.3 is 0 Å². The molecule has 0 aliphatic carbocycles. The van der Waals surface area contributed by atoms with Gasteiger partial charge in [-0.2, -0.15) is 0 Å². The Kier molecular flexibility index (Phi) is 6.60. The number of nitrogens with one attached hydrogen (secondary N) is 1. The summed E-state index contributed by atoms with van der Waals surface area (Å²) in [6, 6.07) is 19.4. The van der Waals surface area contributed by atoms with Crippen LogP contribution in [0.5, 0.6) is 0 Å². The summed E-state index contributed by atoms with van der Waals surface area (Å²) in [6.07, 6.45) is 1.80. The Balaban J connectivity index is 1.26. The standard InChI is InChI=1S/C26H34N4O2/c31-26(27-11-6-12-28-15-17-32-18-16-28)23-19-21-7-4-5-10-24(21)30-14-13-29(20-25(23)30)22-8-2-1-3-9-22/h1-5,7-10,23,25H,6,11-20H2,(H,27,31)/t23-,25+/m1/s1. The summed E-state index contributed by atoms with van der Waals surface area (Å²) in [7, 11) is 0. The molecule has 2 fully saturated rings. The van der Waals surface area contributed by atoms with Gasteiger partial charge in [-0.3, -0.25) is 9.69 Å². The summed E-state index contributed by atoms with van der Waals surface area (Å²) >= 11 is 0. The van der Waals surface area contributed by atoms with Gasteiger partial charge in [0.15, 0.2) is 0 Å². The van der Waals surface area contributed by atoms with E-state index in [9.17, 15) is 4.79 Å². The first-order chi connectivity index (χ1) is 15.8. The van der Waals surface area contributed by atoms with Crippen molar-refractivity contribution < 1.29 is 9.53 Å². The lowest BCUT2D eigenvalue weighted by Crippen LogP contribution is -2.61. The van der Waals surface area contributed by atoms with E-state index >= 15 is 0 Å². The number of carbonyl (C=O) groups excluding carboxylic acids is 1. The molecule has 32 heavy (non-hydrogen) atoms. The molecule has 6 nitrogen and oxygen atoms in total. The second kappa shape index (κ2) is 9.92. The van der Waals surface area contributed by atoms with Crippen molar-refractivity contribution in [2.75, 3.05) is 68.8 Å². The number of benzene rings is 2. The van der Waals surface area contributed by atoms with E-state index in [0.717, 1.165) is 71.9 Å². The van der Waals surface area contributed by atoms with Crippen LogP contribution in [0.15, 0.2) is 54.6 Å². The summed E-state index contributed by atoms with van der Waals surface area (Å²) in [4.78, 5) is 20.7. The van der Waals surface area contributed by atoms with E-state index in [4.69, 9.17) is 4.74 Å². The number of nitrogens with zero attached hydrogens (tertiary/aromatic N) is 3. The average Bonchev–Trinajstić information content (AvgIpc) is 2.87. The molecule has 3 aliphatic rings. The summed E-state index contributed by atoms with van der Waals surface area (Å²) in [5.74, 6) is 0.172. The number of hydrogen-bond donors (Lipinski definition) is 1. The molecule has 0 radical (unpaired) electrons. The third-order valence-electron chi connectivity index (χ3n) is 7.14. The number of piperazine rings is 1. The molecule has 1 N–H and O–H groups in total. The number of amides is 1. The van der Waals surface area contributed by atoms with Gasteiger partial charge in [0.1, 0.15) is 0 Å². The first kappa shape index (κ1) is 21.3. The lowest BCUT2D eigenvalue weighted by molar-refractivity contribution is -0.125. The maximum atomic E-state index is 13.4. The number of rotatable bonds is 6. The Morgan fingerprint density at radius 2 is 1.75 bits per heavy atom. The van der Waals surface area contributed by atoms with Crippen LogP contribution < -0.4 is 15.1 Å². The first-order valence-electron chi connectivity index (χ1n) is 12.0. The molecule has 3 heterocycles. The molecule has 0 bridgehead atoms. The zero-order chi connectivity index (χ0) is 21.8. The van der Waals surface area contributed by atoms with Crippen LogP contribution in [-0.2, 0) is 16.0 Å². The highest BCUT2D eigenvalue weighted by Crippen LogP contribution is 2.36. The minimum Gasteiger partial charge on any atom is -0.379 e.